The minimum atomic E-state index is -0.861. The molecule has 0 bridgehead atoms. The predicted molar refractivity (Wildman–Crippen MR) is 80.0 cm³/mol. The lowest BCUT2D eigenvalue weighted by atomic mass is 9.80. The van der Waals surface area contributed by atoms with Crippen LogP contribution in [0, 0.1) is 11.8 Å². The van der Waals surface area contributed by atoms with Crippen molar-refractivity contribution < 1.29 is 14.4 Å². The topological polar surface area (TPSA) is 90.5 Å². The molecule has 3 fully saturated rings. The zero-order valence-corrected chi connectivity index (χ0v) is 13.0. The SMILES string of the molecule is C[C@]1([C@H]2CCCN(CC(=O)NCC3CC3)C2)NC(=O)NC1=O. The van der Waals surface area contributed by atoms with Crippen LogP contribution >= 0.6 is 0 Å². The molecule has 0 spiro atoms. The van der Waals surface area contributed by atoms with E-state index in [-0.39, 0.29) is 17.7 Å². The quantitative estimate of drug-likeness (QED) is 0.615. The van der Waals surface area contributed by atoms with E-state index in [0.29, 0.717) is 19.0 Å². The standard InChI is InChI=1S/C15H24N4O3/c1-15(13(21)17-14(22)18-15)11-3-2-6-19(8-11)9-12(20)16-7-10-4-5-10/h10-11H,2-9H2,1H3,(H,16,20)(H2,17,18,21,22)/t11-,15+/m0/s1. The van der Waals surface area contributed by atoms with Gasteiger partial charge in [-0.2, -0.15) is 0 Å². The molecule has 0 unspecified atom stereocenters. The summed E-state index contributed by atoms with van der Waals surface area (Å²) in [6, 6.07) is -0.424. The van der Waals surface area contributed by atoms with Crippen molar-refractivity contribution in [2.75, 3.05) is 26.2 Å². The Labute approximate surface area is 130 Å². The first kappa shape index (κ1) is 15.3. The fraction of sp³-hybridized carbons (Fsp3) is 0.800. The smallest absolute Gasteiger partial charge is 0.322 e. The van der Waals surface area contributed by atoms with Crippen LogP contribution in [0.3, 0.4) is 0 Å². The number of nitrogens with one attached hydrogen (secondary N) is 3. The average molecular weight is 308 g/mol. The summed E-state index contributed by atoms with van der Waals surface area (Å²) in [7, 11) is 0. The summed E-state index contributed by atoms with van der Waals surface area (Å²) in [6.45, 7) is 4.44. The molecular weight excluding hydrogens is 284 g/mol. The molecule has 7 nitrogen and oxygen atoms in total. The van der Waals surface area contributed by atoms with E-state index >= 15 is 0 Å². The minimum absolute atomic E-state index is 0.0314. The number of carbonyl (C=O) groups is 3. The van der Waals surface area contributed by atoms with Gasteiger partial charge in [0, 0.05) is 19.0 Å². The van der Waals surface area contributed by atoms with Gasteiger partial charge in [0.25, 0.3) is 5.91 Å². The lowest BCUT2D eigenvalue weighted by Gasteiger charge is -2.39. The number of rotatable bonds is 5. The first-order valence-corrected chi connectivity index (χ1v) is 8.10. The summed E-state index contributed by atoms with van der Waals surface area (Å²) >= 11 is 0. The zero-order chi connectivity index (χ0) is 15.7. The molecule has 0 radical (unpaired) electrons. The fourth-order valence-corrected chi connectivity index (χ4v) is 3.35. The number of amides is 4. The molecule has 2 aliphatic heterocycles. The van der Waals surface area contributed by atoms with Gasteiger partial charge in [-0.3, -0.25) is 19.8 Å². The number of imide groups is 1. The van der Waals surface area contributed by atoms with E-state index in [1.54, 1.807) is 6.92 Å². The molecule has 2 saturated heterocycles. The summed E-state index contributed by atoms with van der Waals surface area (Å²) in [5, 5.41) is 8.03. The zero-order valence-electron chi connectivity index (χ0n) is 13.0. The summed E-state index contributed by atoms with van der Waals surface area (Å²) in [4.78, 5) is 37.5. The van der Waals surface area contributed by atoms with Gasteiger partial charge in [0.15, 0.2) is 0 Å². The van der Waals surface area contributed by atoms with Crippen LogP contribution in [0.1, 0.15) is 32.6 Å². The highest BCUT2D eigenvalue weighted by molar-refractivity contribution is 6.07. The van der Waals surface area contributed by atoms with Crippen LogP contribution in [-0.4, -0.2) is 54.5 Å². The van der Waals surface area contributed by atoms with Gasteiger partial charge >= 0.3 is 6.03 Å². The van der Waals surface area contributed by atoms with Crippen LogP contribution < -0.4 is 16.0 Å². The Balaban J connectivity index is 1.53. The molecule has 1 aliphatic carbocycles. The number of piperidine rings is 1. The van der Waals surface area contributed by atoms with E-state index in [4.69, 9.17) is 0 Å². The van der Waals surface area contributed by atoms with Crippen molar-refractivity contribution in [1.82, 2.24) is 20.9 Å². The summed E-state index contributed by atoms with van der Waals surface area (Å²) < 4.78 is 0. The van der Waals surface area contributed by atoms with Gasteiger partial charge in [0.05, 0.1) is 6.54 Å². The van der Waals surface area contributed by atoms with E-state index in [1.807, 2.05) is 0 Å². The minimum Gasteiger partial charge on any atom is -0.355 e. The van der Waals surface area contributed by atoms with Crippen molar-refractivity contribution in [2.24, 2.45) is 11.8 Å². The maximum absolute atomic E-state index is 12.0. The molecule has 0 aromatic rings. The molecule has 0 aromatic carbocycles. The van der Waals surface area contributed by atoms with Crippen LogP contribution in [0.15, 0.2) is 0 Å². The Hall–Kier alpha value is -1.63. The number of nitrogens with zero attached hydrogens (tertiary/aromatic N) is 1. The highest BCUT2D eigenvalue weighted by Crippen LogP contribution is 2.30. The summed E-state index contributed by atoms with van der Waals surface area (Å²) in [5.74, 6) is 0.499. The molecule has 3 rings (SSSR count). The van der Waals surface area contributed by atoms with Crippen molar-refractivity contribution in [3.63, 3.8) is 0 Å². The Morgan fingerprint density at radius 1 is 1.36 bits per heavy atom. The molecule has 122 valence electrons. The summed E-state index contributed by atoms with van der Waals surface area (Å²) in [6.07, 6.45) is 4.25. The molecule has 2 atom stereocenters. The second kappa shape index (κ2) is 5.87. The Bertz CT molecular complexity index is 491. The van der Waals surface area contributed by atoms with E-state index in [2.05, 4.69) is 20.9 Å². The number of hydrogen-bond acceptors (Lipinski definition) is 4. The van der Waals surface area contributed by atoms with Crippen molar-refractivity contribution >= 4 is 17.8 Å². The number of carbonyl (C=O) groups excluding carboxylic acids is 3. The second-order valence-electron chi connectivity index (χ2n) is 6.93. The Kier molecular flexibility index (Phi) is 4.08. The van der Waals surface area contributed by atoms with E-state index in [9.17, 15) is 14.4 Å². The van der Waals surface area contributed by atoms with Crippen molar-refractivity contribution in [3.8, 4) is 0 Å². The monoisotopic (exact) mass is 308 g/mol. The molecule has 0 aromatic heterocycles. The number of hydrogen-bond donors (Lipinski definition) is 3. The van der Waals surface area contributed by atoms with Gasteiger partial charge < -0.3 is 10.6 Å². The maximum atomic E-state index is 12.0. The average Bonchev–Trinajstić information content (AvgIpc) is 3.25. The normalized spacial score (nSPS) is 32.5. The van der Waals surface area contributed by atoms with Crippen LogP contribution in [0.2, 0.25) is 0 Å². The molecule has 4 amide bonds. The van der Waals surface area contributed by atoms with Crippen molar-refractivity contribution in [2.45, 2.75) is 38.1 Å². The molecule has 3 aliphatic rings. The van der Waals surface area contributed by atoms with Gasteiger partial charge in [-0.25, -0.2) is 4.79 Å². The number of likely N-dealkylation sites (tertiary alicyclic amines) is 1. The predicted octanol–water partition coefficient (Wildman–Crippen LogP) is -0.177. The van der Waals surface area contributed by atoms with Gasteiger partial charge in [-0.15, -0.1) is 0 Å². The van der Waals surface area contributed by atoms with Crippen molar-refractivity contribution in [3.05, 3.63) is 0 Å². The van der Waals surface area contributed by atoms with Gasteiger partial charge in [-0.1, -0.05) is 0 Å². The summed E-state index contributed by atoms with van der Waals surface area (Å²) in [5.41, 5.74) is -0.861. The first-order chi connectivity index (χ1) is 10.5. The third-order valence-electron chi connectivity index (χ3n) is 5.05. The Morgan fingerprint density at radius 3 is 2.77 bits per heavy atom. The van der Waals surface area contributed by atoms with Gasteiger partial charge in [0.2, 0.25) is 5.91 Å². The van der Waals surface area contributed by atoms with Crippen LogP contribution in [0.4, 0.5) is 4.79 Å². The highest BCUT2D eigenvalue weighted by atomic mass is 16.2. The lowest BCUT2D eigenvalue weighted by Crippen LogP contribution is -2.56. The largest absolute Gasteiger partial charge is 0.355 e. The molecule has 2 heterocycles. The number of urea groups is 1. The molecule has 7 heteroatoms. The fourth-order valence-electron chi connectivity index (χ4n) is 3.35. The van der Waals surface area contributed by atoms with Gasteiger partial charge in [0.1, 0.15) is 5.54 Å². The molecule has 22 heavy (non-hydrogen) atoms. The molecular formula is C15H24N4O3. The third kappa shape index (κ3) is 3.24. The molecule has 3 N–H and O–H groups in total. The van der Waals surface area contributed by atoms with Crippen LogP contribution in [0.25, 0.3) is 0 Å². The maximum Gasteiger partial charge on any atom is 0.322 e. The van der Waals surface area contributed by atoms with E-state index < -0.39 is 11.6 Å². The van der Waals surface area contributed by atoms with Gasteiger partial charge in [-0.05, 0) is 45.1 Å². The van der Waals surface area contributed by atoms with Crippen molar-refractivity contribution in [1.29, 1.82) is 0 Å². The van der Waals surface area contributed by atoms with E-state index in [0.717, 1.165) is 25.9 Å². The third-order valence-corrected chi connectivity index (χ3v) is 5.05. The second-order valence-corrected chi connectivity index (χ2v) is 6.93. The highest BCUT2D eigenvalue weighted by Gasteiger charge is 2.48. The molecule has 1 saturated carbocycles. The first-order valence-electron chi connectivity index (χ1n) is 8.10. The van der Waals surface area contributed by atoms with Crippen LogP contribution in [0.5, 0.6) is 0 Å². The Morgan fingerprint density at radius 2 is 2.14 bits per heavy atom. The lowest BCUT2D eigenvalue weighted by molar-refractivity contribution is -0.126. The van der Waals surface area contributed by atoms with Crippen LogP contribution in [-0.2, 0) is 9.59 Å². The van der Waals surface area contributed by atoms with E-state index in [1.165, 1.54) is 12.8 Å².